The highest BCUT2D eigenvalue weighted by molar-refractivity contribution is 6.07. The van der Waals surface area contributed by atoms with Crippen molar-refractivity contribution in [3.63, 3.8) is 0 Å². The molecule has 0 aromatic heterocycles. The minimum Gasteiger partial charge on any atom is -0.507 e. The molecule has 0 aliphatic rings. The fourth-order valence-corrected chi connectivity index (χ4v) is 2.54. The number of carbonyl (C=O) groups is 6. The molecule has 206 valence electrons. The smallest absolute Gasteiger partial charge is 0.339 e. The van der Waals surface area contributed by atoms with Gasteiger partial charge in [0.25, 0.3) is 5.91 Å². The molecular weight excluding hydrogens is 502 g/mol. The molecule has 0 saturated carbocycles. The maximum atomic E-state index is 11.4. The third-order valence-corrected chi connectivity index (χ3v) is 4.64. The number of rotatable bonds is 10. The van der Waals surface area contributed by atoms with Crippen molar-refractivity contribution in [3.05, 3.63) is 90.0 Å². The van der Waals surface area contributed by atoms with Crippen molar-refractivity contribution < 1.29 is 39.0 Å². The summed E-state index contributed by atoms with van der Waals surface area (Å²) in [5.41, 5.74) is 2.41. The van der Waals surface area contributed by atoms with E-state index < -0.39 is 11.7 Å². The van der Waals surface area contributed by atoms with Crippen LogP contribution in [0.15, 0.2) is 73.3 Å². The summed E-state index contributed by atoms with van der Waals surface area (Å²) in [5.74, 6) is -2.52. The number of aromatic carboxylic acids is 1. The molecule has 2 aromatic carbocycles. The van der Waals surface area contributed by atoms with Gasteiger partial charge >= 0.3 is 5.97 Å². The molecule has 0 aliphatic carbocycles. The first-order valence-corrected chi connectivity index (χ1v) is 11.5. The van der Waals surface area contributed by atoms with Crippen molar-refractivity contribution in [1.29, 1.82) is 0 Å². The Morgan fingerprint density at radius 1 is 0.821 bits per heavy atom. The number of allylic oxidation sites excluding steroid dienone is 1. The maximum Gasteiger partial charge on any atom is 0.339 e. The quantitative estimate of drug-likeness (QED) is 0.213. The Balaban J connectivity index is 0.000000578. The Hall–Kier alpha value is -4.92. The van der Waals surface area contributed by atoms with E-state index >= 15 is 0 Å². The average Bonchev–Trinajstić information content (AvgIpc) is 2.83. The number of phenols is 1. The average molecular weight is 536 g/mol. The molecular formula is C30H33NO8. The van der Waals surface area contributed by atoms with E-state index in [9.17, 15) is 33.9 Å². The molecule has 9 heteroatoms. The van der Waals surface area contributed by atoms with Crippen LogP contribution in [0, 0.1) is 0 Å². The zero-order chi connectivity index (χ0) is 30.3. The van der Waals surface area contributed by atoms with Crippen molar-refractivity contribution >= 4 is 46.8 Å². The van der Waals surface area contributed by atoms with Crippen LogP contribution < -0.4 is 5.32 Å². The molecule has 0 atom stereocenters. The number of anilines is 1. The van der Waals surface area contributed by atoms with Crippen LogP contribution in [-0.4, -0.2) is 45.2 Å². The number of carbonyl (C=O) groups excluding carboxylic acids is 5. The molecule has 0 spiro atoms. The molecule has 3 N–H and O–H groups in total. The molecule has 0 saturated heterocycles. The molecule has 0 radical (unpaired) electrons. The number of carboxylic acids is 1. The highest BCUT2D eigenvalue weighted by atomic mass is 16.4. The molecule has 0 bridgehead atoms. The van der Waals surface area contributed by atoms with Crippen LogP contribution >= 0.6 is 0 Å². The zero-order valence-corrected chi connectivity index (χ0v) is 22.5. The Morgan fingerprint density at radius 3 is 1.72 bits per heavy atom. The third-order valence-electron chi connectivity index (χ3n) is 4.64. The number of benzene rings is 2. The minimum absolute atomic E-state index is 0.00463. The summed E-state index contributed by atoms with van der Waals surface area (Å²) in [7, 11) is 0. The first kappa shape index (κ1) is 34.1. The lowest BCUT2D eigenvalue weighted by atomic mass is 10.0. The summed E-state index contributed by atoms with van der Waals surface area (Å²) in [6, 6.07) is 10.8. The number of aromatic hydroxyl groups is 1. The van der Waals surface area contributed by atoms with Gasteiger partial charge in [-0.15, -0.1) is 0 Å². The lowest BCUT2D eigenvalue weighted by molar-refractivity contribution is -0.124. The fraction of sp³-hybridized carbons (Fsp3) is 0.200. The zero-order valence-electron chi connectivity index (χ0n) is 22.5. The third kappa shape index (κ3) is 13.8. The number of hydrogen-bond acceptors (Lipinski definition) is 7. The first-order valence-electron chi connectivity index (χ1n) is 11.5. The van der Waals surface area contributed by atoms with Crippen LogP contribution in [0.25, 0.3) is 6.08 Å². The number of amides is 1. The molecule has 0 aliphatic heterocycles. The van der Waals surface area contributed by atoms with Gasteiger partial charge in [-0.1, -0.05) is 50.1 Å². The summed E-state index contributed by atoms with van der Waals surface area (Å²) in [6.45, 7) is 16.4. The van der Waals surface area contributed by atoms with Crippen molar-refractivity contribution in [1.82, 2.24) is 0 Å². The van der Waals surface area contributed by atoms with Gasteiger partial charge in [0.05, 0.1) is 12.8 Å². The SMILES string of the molecule is C=C(C)C(=O)CC(C)=O.C=C(C)C(=O)Nc1ccc(C(=O)O)c(O)c1.C=Cc1ccc(C(=O)CC(C)=O)cc1. The molecule has 1 amide bonds. The van der Waals surface area contributed by atoms with Gasteiger partial charge < -0.3 is 15.5 Å². The van der Waals surface area contributed by atoms with E-state index in [2.05, 4.69) is 25.1 Å². The van der Waals surface area contributed by atoms with Gasteiger partial charge in [-0.2, -0.15) is 0 Å². The second-order valence-electron chi connectivity index (χ2n) is 8.48. The Morgan fingerprint density at radius 2 is 1.36 bits per heavy atom. The van der Waals surface area contributed by atoms with Crippen LogP contribution in [-0.2, 0) is 19.2 Å². The number of Topliss-reactive ketones (excluding diaryl/α,β-unsaturated/α-hetero) is 4. The topological polar surface area (TPSA) is 155 Å². The number of carboxylic acid groups (broad SMARTS) is 1. The van der Waals surface area contributed by atoms with Crippen molar-refractivity contribution in [3.8, 4) is 5.75 Å². The van der Waals surface area contributed by atoms with Gasteiger partial charge in [0, 0.05) is 22.9 Å². The van der Waals surface area contributed by atoms with E-state index in [4.69, 9.17) is 5.11 Å². The van der Waals surface area contributed by atoms with Gasteiger partial charge in [0.1, 0.15) is 22.9 Å². The van der Waals surface area contributed by atoms with E-state index in [-0.39, 0.29) is 47.4 Å². The summed E-state index contributed by atoms with van der Waals surface area (Å²) >= 11 is 0. The largest absolute Gasteiger partial charge is 0.507 e. The second-order valence-corrected chi connectivity index (χ2v) is 8.48. The summed E-state index contributed by atoms with van der Waals surface area (Å²) < 4.78 is 0. The van der Waals surface area contributed by atoms with Gasteiger partial charge in [-0.25, -0.2) is 4.79 Å². The predicted octanol–water partition coefficient (Wildman–Crippen LogP) is 5.21. The van der Waals surface area contributed by atoms with Gasteiger partial charge in [0.15, 0.2) is 11.6 Å². The second kappa shape index (κ2) is 16.8. The Bertz CT molecular complexity index is 1290. The monoisotopic (exact) mass is 535 g/mol. The summed E-state index contributed by atoms with van der Waals surface area (Å²) in [6.07, 6.45) is 1.68. The van der Waals surface area contributed by atoms with Gasteiger partial charge in [0.2, 0.25) is 0 Å². The molecule has 39 heavy (non-hydrogen) atoms. The first-order chi connectivity index (χ1) is 18.1. The highest BCUT2D eigenvalue weighted by Gasteiger charge is 2.11. The van der Waals surface area contributed by atoms with E-state index in [1.54, 1.807) is 44.2 Å². The van der Waals surface area contributed by atoms with Crippen LogP contribution in [0.4, 0.5) is 5.69 Å². The van der Waals surface area contributed by atoms with Crippen LogP contribution in [0.5, 0.6) is 5.75 Å². The van der Waals surface area contributed by atoms with Crippen LogP contribution in [0.3, 0.4) is 0 Å². The molecule has 2 rings (SSSR count). The Kier molecular flexibility index (Phi) is 14.6. The van der Waals surface area contributed by atoms with E-state index in [1.165, 1.54) is 32.0 Å². The van der Waals surface area contributed by atoms with E-state index in [1.807, 2.05) is 0 Å². The molecule has 0 unspecified atom stereocenters. The molecule has 0 fully saturated rings. The lowest BCUT2D eigenvalue weighted by Gasteiger charge is -2.06. The maximum absolute atomic E-state index is 11.4. The summed E-state index contributed by atoms with van der Waals surface area (Å²) in [4.78, 5) is 64.9. The molecule has 9 nitrogen and oxygen atoms in total. The van der Waals surface area contributed by atoms with Crippen molar-refractivity contribution in [2.75, 3.05) is 5.32 Å². The number of hydrogen-bond donors (Lipinski definition) is 3. The van der Waals surface area contributed by atoms with Crippen LogP contribution in [0.1, 0.15) is 66.8 Å². The van der Waals surface area contributed by atoms with Crippen LogP contribution in [0.2, 0.25) is 0 Å². The van der Waals surface area contributed by atoms with E-state index in [0.717, 1.165) is 5.56 Å². The highest BCUT2D eigenvalue weighted by Crippen LogP contribution is 2.22. The number of ketones is 4. The lowest BCUT2D eigenvalue weighted by Crippen LogP contribution is -2.11. The van der Waals surface area contributed by atoms with Crippen molar-refractivity contribution in [2.24, 2.45) is 0 Å². The number of nitrogens with one attached hydrogen (secondary N) is 1. The standard InChI is InChI=1S/C12H12O2.C11H11NO4.C7H10O2/c1-3-10-4-6-11(7-5-10)12(14)8-9(2)13;1-6(2)10(14)12-7-3-4-8(11(15)16)9(13)5-7;1-5(2)7(9)4-6(3)8/h3-7H,1,8H2,2H3;3-5,13H,1H2,2H3,(H,12,14)(H,15,16);1,4H2,2-3H3. The predicted molar refractivity (Wildman–Crippen MR) is 150 cm³/mol. The minimum atomic E-state index is -1.23. The normalized spacial score (nSPS) is 9.33. The van der Waals surface area contributed by atoms with Crippen molar-refractivity contribution in [2.45, 2.75) is 40.5 Å². The molecule has 2 aromatic rings. The summed E-state index contributed by atoms with van der Waals surface area (Å²) in [5, 5.41) is 20.5. The van der Waals surface area contributed by atoms with E-state index in [0.29, 0.717) is 22.4 Å². The Labute approximate surface area is 227 Å². The van der Waals surface area contributed by atoms with Gasteiger partial charge in [-0.3, -0.25) is 24.0 Å². The molecule has 0 heterocycles. The fourth-order valence-electron chi connectivity index (χ4n) is 2.54. The van der Waals surface area contributed by atoms with Gasteiger partial charge in [-0.05, 0) is 51.0 Å².